The zero-order valence-corrected chi connectivity index (χ0v) is 12.7. The smallest absolute Gasteiger partial charge is 0.119 e. The van der Waals surface area contributed by atoms with Gasteiger partial charge >= 0.3 is 0 Å². The number of rotatable bonds is 6. The summed E-state index contributed by atoms with van der Waals surface area (Å²) in [5, 5.41) is 9.57. The number of nitrogens with two attached hydrogens (primary N) is 1. The molecular weight excluding hydrogens is 262 g/mol. The fraction of sp³-hybridized carbons (Fsp3) is 0.333. The van der Waals surface area contributed by atoms with E-state index in [1.807, 2.05) is 25.1 Å². The van der Waals surface area contributed by atoms with Gasteiger partial charge in [0.1, 0.15) is 11.5 Å². The quantitative estimate of drug-likeness (QED) is 0.855. The minimum Gasteiger partial charge on any atom is -0.508 e. The number of phenolic OH excluding ortho intramolecular Hbond substituents is 1. The van der Waals surface area contributed by atoms with Crippen LogP contribution in [0.2, 0.25) is 0 Å². The van der Waals surface area contributed by atoms with Crippen molar-refractivity contribution in [2.75, 3.05) is 13.2 Å². The van der Waals surface area contributed by atoms with Gasteiger partial charge < -0.3 is 15.6 Å². The molecule has 2 aromatic rings. The molecule has 1 atom stereocenters. The first-order valence-electron chi connectivity index (χ1n) is 7.35. The van der Waals surface area contributed by atoms with Crippen LogP contribution in [0.5, 0.6) is 11.5 Å². The number of aromatic hydroxyl groups is 1. The van der Waals surface area contributed by atoms with Gasteiger partial charge in [0.15, 0.2) is 0 Å². The summed E-state index contributed by atoms with van der Waals surface area (Å²) < 4.78 is 5.52. The van der Waals surface area contributed by atoms with Crippen molar-refractivity contribution in [1.29, 1.82) is 0 Å². The lowest BCUT2D eigenvalue weighted by atomic mass is 9.89. The van der Waals surface area contributed by atoms with E-state index in [0.717, 1.165) is 17.7 Å². The van der Waals surface area contributed by atoms with Gasteiger partial charge in [-0.2, -0.15) is 0 Å². The van der Waals surface area contributed by atoms with Crippen LogP contribution in [0.3, 0.4) is 0 Å². The van der Waals surface area contributed by atoms with E-state index in [2.05, 4.69) is 19.1 Å². The van der Waals surface area contributed by atoms with E-state index in [-0.39, 0.29) is 5.92 Å². The highest BCUT2D eigenvalue weighted by Gasteiger charge is 2.14. The maximum absolute atomic E-state index is 9.57. The molecule has 0 radical (unpaired) electrons. The molecule has 0 saturated carbocycles. The van der Waals surface area contributed by atoms with Crippen LogP contribution in [0.1, 0.15) is 29.5 Å². The molecule has 0 bridgehead atoms. The molecule has 2 rings (SSSR count). The lowest BCUT2D eigenvalue weighted by molar-refractivity contribution is 0.340. The average Bonchev–Trinajstić information content (AvgIpc) is 2.46. The summed E-state index contributed by atoms with van der Waals surface area (Å²) in [6.45, 7) is 5.31. The van der Waals surface area contributed by atoms with Crippen LogP contribution in [-0.2, 0) is 6.42 Å². The molecule has 0 amide bonds. The number of benzene rings is 2. The molecule has 3 nitrogen and oxygen atoms in total. The molecule has 3 heteroatoms. The third-order valence-corrected chi connectivity index (χ3v) is 3.67. The van der Waals surface area contributed by atoms with Crippen molar-refractivity contribution in [3.63, 3.8) is 0 Å². The number of aryl methyl sites for hydroxylation is 1. The lowest BCUT2D eigenvalue weighted by Crippen LogP contribution is -2.16. The van der Waals surface area contributed by atoms with Gasteiger partial charge in [-0.3, -0.25) is 0 Å². The van der Waals surface area contributed by atoms with E-state index >= 15 is 0 Å². The summed E-state index contributed by atoms with van der Waals surface area (Å²) in [6.07, 6.45) is 0.819. The Balaban J connectivity index is 2.21. The molecule has 0 spiro atoms. The summed E-state index contributed by atoms with van der Waals surface area (Å²) in [6, 6.07) is 13.5. The van der Waals surface area contributed by atoms with Crippen molar-refractivity contribution < 1.29 is 9.84 Å². The third-order valence-electron chi connectivity index (χ3n) is 3.67. The molecular formula is C18H23NO2. The lowest BCUT2D eigenvalue weighted by Gasteiger charge is -2.19. The fourth-order valence-corrected chi connectivity index (χ4v) is 2.65. The van der Waals surface area contributed by atoms with Crippen molar-refractivity contribution in [1.82, 2.24) is 0 Å². The number of hydrogen-bond acceptors (Lipinski definition) is 3. The van der Waals surface area contributed by atoms with Crippen molar-refractivity contribution in [2.24, 2.45) is 5.73 Å². The Morgan fingerprint density at radius 3 is 2.62 bits per heavy atom. The standard InChI is InChI=1S/C18H23NO2/c1-3-21-17-7-8-18(13(2)9-17)15(12-19)10-14-5-4-6-16(20)11-14/h4-9,11,15,20H,3,10,12,19H2,1-2H3. The van der Waals surface area contributed by atoms with Gasteiger partial charge in [-0.05, 0) is 67.8 Å². The average molecular weight is 285 g/mol. The third kappa shape index (κ3) is 3.99. The SMILES string of the molecule is CCOc1ccc(C(CN)Cc2cccc(O)c2)c(C)c1. The molecule has 112 valence electrons. The summed E-state index contributed by atoms with van der Waals surface area (Å²) in [5.74, 6) is 1.43. The molecule has 21 heavy (non-hydrogen) atoms. The molecule has 0 heterocycles. The van der Waals surface area contributed by atoms with Gasteiger partial charge in [0, 0.05) is 5.92 Å². The first kappa shape index (κ1) is 15.4. The Morgan fingerprint density at radius 1 is 1.19 bits per heavy atom. The second-order valence-corrected chi connectivity index (χ2v) is 5.26. The van der Waals surface area contributed by atoms with Crippen LogP contribution in [0.15, 0.2) is 42.5 Å². The van der Waals surface area contributed by atoms with E-state index in [4.69, 9.17) is 10.5 Å². The molecule has 0 aromatic heterocycles. The summed E-state index contributed by atoms with van der Waals surface area (Å²) in [7, 11) is 0. The maximum atomic E-state index is 9.57. The number of hydrogen-bond donors (Lipinski definition) is 2. The van der Waals surface area contributed by atoms with E-state index in [9.17, 15) is 5.11 Å². The zero-order chi connectivity index (χ0) is 15.2. The molecule has 1 unspecified atom stereocenters. The Hall–Kier alpha value is -2.00. The second kappa shape index (κ2) is 7.14. The highest BCUT2D eigenvalue weighted by Crippen LogP contribution is 2.27. The summed E-state index contributed by atoms with van der Waals surface area (Å²) >= 11 is 0. The molecule has 3 N–H and O–H groups in total. The first-order chi connectivity index (χ1) is 10.1. The Kier molecular flexibility index (Phi) is 5.23. The first-order valence-corrected chi connectivity index (χ1v) is 7.35. The highest BCUT2D eigenvalue weighted by atomic mass is 16.5. The minimum absolute atomic E-state index is 0.238. The monoisotopic (exact) mass is 285 g/mol. The Labute approximate surface area is 126 Å². The highest BCUT2D eigenvalue weighted by molar-refractivity contribution is 5.38. The Morgan fingerprint density at radius 2 is 2.00 bits per heavy atom. The number of phenols is 1. The van der Waals surface area contributed by atoms with Crippen LogP contribution >= 0.6 is 0 Å². The largest absolute Gasteiger partial charge is 0.508 e. The number of ether oxygens (including phenoxy) is 1. The van der Waals surface area contributed by atoms with Crippen LogP contribution in [-0.4, -0.2) is 18.3 Å². The van der Waals surface area contributed by atoms with Gasteiger partial charge in [0.05, 0.1) is 6.61 Å². The van der Waals surface area contributed by atoms with Crippen LogP contribution < -0.4 is 10.5 Å². The van der Waals surface area contributed by atoms with Crippen molar-refractivity contribution >= 4 is 0 Å². The molecule has 0 fully saturated rings. The van der Waals surface area contributed by atoms with Crippen molar-refractivity contribution in [2.45, 2.75) is 26.2 Å². The summed E-state index contributed by atoms with van der Waals surface area (Å²) in [4.78, 5) is 0. The molecule has 0 aliphatic carbocycles. The Bertz CT molecular complexity index is 596. The van der Waals surface area contributed by atoms with E-state index in [1.54, 1.807) is 12.1 Å². The topological polar surface area (TPSA) is 55.5 Å². The van der Waals surface area contributed by atoms with Crippen LogP contribution in [0, 0.1) is 6.92 Å². The zero-order valence-electron chi connectivity index (χ0n) is 12.7. The molecule has 0 saturated heterocycles. The molecule has 2 aromatic carbocycles. The van der Waals surface area contributed by atoms with Gasteiger partial charge in [-0.25, -0.2) is 0 Å². The van der Waals surface area contributed by atoms with Crippen molar-refractivity contribution in [3.05, 3.63) is 59.2 Å². The predicted octanol–water partition coefficient (Wildman–Crippen LogP) is 3.38. The van der Waals surface area contributed by atoms with Gasteiger partial charge in [0.2, 0.25) is 0 Å². The van der Waals surface area contributed by atoms with Crippen LogP contribution in [0.4, 0.5) is 0 Å². The van der Waals surface area contributed by atoms with Crippen molar-refractivity contribution in [3.8, 4) is 11.5 Å². The van der Waals surface area contributed by atoms with Gasteiger partial charge in [-0.15, -0.1) is 0 Å². The molecule has 0 aliphatic rings. The predicted molar refractivity (Wildman–Crippen MR) is 86.0 cm³/mol. The van der Waals surface area contributed by atoms with E-state index < -0.39 is 0 Å². The minimum atomic E-state index is 0.238. The van der Waals surface area contributed by atoms with E-state index in [1.165, 1.54) is 11.1 Å². The fourth-order valence-electron chi connectivity index (χ4n) is 2.65. The molecule has 0 aliphatic heterocycles. The van der Waals surface area contributed by atoms with Gasteiger partial charge in [0.25, 0.3) is 0 Å². The van der Waals surface area contributed by atoms with E-state index in [0.29, 0.717) is 18.9 Å². The second-order valence-electron chi connectivity index (χ2n) is 5.26. The summed E-state index contributed by atoms with van der Waals surface area (Å²) in [5.41, 5.74) is 9.49. The van der Waals surface area contributed by atoms with Gasteiger partial charge in [-0.1, -0.05) is 18.2 Å². The van der Waals surface area contributed by atoms with Crippen LogP contribution in [0.25, 0.3) is 0 Å². The maximum Gasteiger partial charge on any atom is 0.119 e. The normalized spacial score (nSPS) is 12.1.